The number of hydrogen-bond acceptors (Lipinski definition) is 5. The minimum Gasteiger partial charge on any atom is -0.481 e. The summed E-state index contributed by atoms with van der Waals surface area (Å²) < 4.78 is 27.8. The number of hydrogen-bond donors (Lipinski definition) is 2. The van der Waals surface area contributed by atoms with E-state index in [1.807, 2.05) is 55.5 Å². The molecule has 9 heteroatoms. The lowest BCUT2D eigenvalue weighted by Gasteiger charge is -2.19. The first-order valence-electron chi connectivity index (χ1n) is 11.5. The number of aliphatic hydroxyl groups is 1. The van der Waals surface area contributed by atoms with Crippen molar-refractivity contribution in [3.63, 3.8) is 0 Å². The van der Waals surface area contributed by atoms with Crippen LogP contribution in [-0.2, 0) is 17.8 Å². The number of benzene rings is 3. The average Bonchev–Trinajstić information content (AvgIpc) is 2.86. The fraction of sp³-hybridized carbons (Fsp3) is 0.259. The second-order valence-corrected chi connectivity index (χ2v) is 8.80. The highest BCUT2D eigenvalue weighted by molar-refractivity contribution is 5.77. The Morgan fingerprint density at radius 1 is 0.972 bits per heavy atom. The fourth-order valence-electron chi connectivity index (χ4n) is 4.09. The van der Waals surface area contributed by atoms with Crippen LogP contribution in [0.1, 0.15) is 24.0 Å². The van der Waals surface area contributed by atoms with E-state index in [1.54, 1.807) is 0 Å². The van der Waals surface area contributed by atoms with Crippen LogP contribution in [0.2, 0.25) is 0 Å². The molecule has 0 bridgehead atoms. The standard InChI is InChI=1S/C27H25F2N3O4/c1-16-2-7-18(8-3-16)19-9-4-17(5-10-19)6-11-25(33)20(27(35)36)12-13-32-26(34)21-14-22(28)23(29)15-24(21)30-31-32/h2-5,7-10,14-15,20,25,33H,6,11-13H2,1H3,(H,35,36)/t20-,25+/m0/s1. The number of rotatable bonds is 9. The van der Waals surface area contributed by atoms with Crippen molar-refractivity contribution in [2.45, 2.75) is 38.8 Å². The zero-order valence-electron chi connectivity index (χ0n) is 19.6. The Labute approximate surface area is 205 Å². The van der Waals surface area contributed by atoms with Gasteiger partial charge in [-0.25, -0.2) is 13.5 Å². The van der Waals surface area contributed by atoms with Gasteiger partial charge in [-0.3, -0.25) is 9.59 Å². The summed E-state index contributed by atoms with van der Waals surface area (Å²) in [6.45, 7) is 1.87. The van der Waals surface area contributed by atoms with Crippen molar-refractivity contribution in [1.82, 2.24) is 15.0 Å². The van der Waals surface area contributed by atoms with Crippen LogP contribution in [0.3, 0.4) is 0 Å². The van der Waals surface area contributed by atoms with Gasteiger partial charge in [-0.2, -0.15) is 0 Å². The molecule has 4 aromatic rings. The number of aliphatic hydroxyl groups excluding tert-OH is 1. The van der Waals surface area contributed by atoms with Crippen LogP contribution in [0.15, 0.2) is 65.5 Å². The maximum atomic E-state index is 13.6. The summed E-state index contributed by atoms with van der Waals surface area (Å²) in [6, 6.07) is 17.6. The molecule has 0 spiro atoms. The summed E-state index contributed by atoms with van der Waals surface area (Å²) in [5, 5.41) is 27.5. The van der Waals surface area contributed by atoms with Gasteiger partial charge in [0.15, 0.2) is 11.6 Å². The van der Waals surface area contributed by atoms with Crippen molar-refractivity contribution in [1.29, 1.82) is 0 Å². The first-order chi connectivity index (χ1) is 17.2. The zero-order valence-corrected chi connectivity index (χ0v) is 19.6. The van der Waals surface area contributed by atoms with E-state index in [0.717, 1.165) is 33.5 Å². The molecule has 7 nitrogen and oxygen atoms in total. The number of aliphatic carboxylic acids is 1. The van der Waals surface area contributed by atoms with Crippen molar-refractivity contribution in [2.24, 2.45) is 5.92 Å². The van der Waals surface area contributed by atoms with Gasteiger partial charge in [0, 0.05) is 12.6 Å². The molecule has 1 aromatic heterocycles. The van der Waals surface area contributed by atoms with E-state index in [2.05, 4.69) is 10.3 Å². The number of aromatic nitrogens is 3. The van der Waals surface area contributed by atoms with Crippen LogP contribution in [0.5, 0.6) is 0 Å². The molecule has 0 fully saturated rings. The van der Waals surface area contributed by atoms with E-state index < -0.39 is 35.2 Å². The van der Waals surface area contributed by atoms with Gasteiger partial charge >= 0.3 is 5.97 Å². The first kappa shape index (κ1) is 25.1. The second-order valence-electron chi connectivity index (χ2n) is 8.80. The second kappa shape index (κ2) is 10.7. The van der Waals surface area contributed by atoms with Gasteiger partial charge in [0.05, 0.1) is 17.4 Å². The molecule has 186 valence electrons. The van der Waals surface area contributed by atoms with Crippen LogP contribution in [0.4, 0.5) is 8.78 Å². The van der Waals surface area contributed by atoms with E-state index in [9.17, 15) is 28.6 Å². The third-order valence-corrected chi connectivity index (χ3v) is 6.27. The topological polar surface area (TPSA) is 105 Å². The highest BCUT2D eigenvalue weighted by Crippen LogP contribution is 2.22. The van der Waals surface area contributed by atoms with Gasteiger partial charge in [-0.15, -0.1) is 5.10 Å². The molecule has 4 rings (SSSR count). The van der Waals surface area contributed by atoms with Gasteiger partial charge < -0.3 is 10.2 Å². The lowest BCUT2D eigenvalue weighted by Crippen LogP contribution is -2.32. The lowest BCUT2D eigenvalue weighted by molar-refractivity contribution is -0.146. The molecule has 0 aliphatic carbocycles. The number of halogens is 2. The number of carboxylic acids is 1. The normalized spacial score (nSPS) is 13.0. The molecule has 0 unspecified atom stereocenters. The van der Waals surface area contributed by atoms with Crippen LogP contribution in [0, 0.1) is 24.5 Å². The maximum absolute atomic E-state index is 13.6. The Hall–Kier alpha value is -3.98. The van der Waals surface area contributed by atoms with Gasteiger partial charge in [0.1, 0.15) is 5.52 Å². The van der Waals surface area contributed by atoms with Gasteiger partial charge in [-0.1, -0.05) is 59.3 Å². The summed E-state index contributed by atoms with van der Waals surface area (Å²) >= 11 is 0. The molecular weight excluding hydrogens is 468 g/mol. The summed E-state index contributed by atoms with van der Waals surface area (Å²) in [5.41, 5.74) is 3.48. The summed E-state index contributed by atoms with van der Waals surface area (Å²) in [4.78, 5) is 24.4. The van der Waals surface area contributed by atoms with Crippen LogP contribution >= 0.6 is 0 Å². The van der Waals surface area contributed by atoms with Crippen molar-refractivity contribution in [2.75, 3.05) is 0 Å². The number of carbonyl (C=O) groups is 1. The van der Waals surface area contributed by atoms with Crippen LogP contribution in [0.25, 0.3) is 22.0 Å². The Balaban J connectivity index is 1.39. The molecule has 0 aliphatic heterocycles. The van der Waals surface area contributed by atoms with Gasteiger partial charge in [0.25, 0.3) is 5.56 Å². The summed E-state index contributed by atoms with van der Waals surface area (Å²) in [5.74, 6) is -4.68. The third kappa shape index (κ3) is 5.63. The van der Waals surface area contributed by atoms with Crippen LogP contribution < -0.4 is 5.56 Å². The molecule has 36 heavy (non-hydrogen) atoms. The Bertz CT molecular complexity index is 1440. The number of carboxylic acid groups (broad SMARTS) is 1. The minimum atomic E-state index is -1.20. The molecule has 2 N–H and O–H groups in total. The van der Waals surface area contributed by atoms with Gasteiger partial charge in [-0.05, 0) is 48.9 Å². The molecule has 3 aromatic carbocycles. The van der Waals surface area contributed by atoms with Crippen molar-refractivity contribution < 1.29 is 23.8 Å². The Morgan fingerprint density at radius 3 is 2.22 bits per heavy atom. The maximum Gasteiger partial charge on any atom is 0.309 e. The largest absolute Gasteiger partial charge is 0.481 e. The lowest BCUT2D eigenvalue weighted by atomic mass is 9.93. The fourth-order valence-corrected chi connectivity index (χ4v) is 4.09. The molecule has 0 radical (unpaired) electrons. The van der Waals surface area contributed by atoms with E-state index in [0.29, 0.717) is 6.42 Å². The summed E-state index contributed by atoms with van der Waals surface area (Å²) in [6.07, 6.45) is -0.564. The zero-order chi connectivity index (χ0) is 25.8. The summed E-state index contributed by atoms with van der Waals surface area (Å²) in [7, 11) is 0. The van der Waals surface area contributed by atoms with Crippen molar-refractivity contribution in [3.8, 4) is 11.1 Å². The average molecular weight is 494 g/mol. The first-order valence-corrected chi connectivity index (χ1v) is 11.5. The highest BCUT2D eigenvalue weighted by atomic mass is 19.2. The van der Waals surface area contributed by atoms with E-state index in [4.69, 9.17) is 0 Å². The quantitative estimate of drug-likeness (QED) is 0.363. The number of nitrogens with zero attached hydrogens (tertiary/aromatic N) is 3. The van der Waals surface area contributed by atoms with E-state index in [1.165, 1.54) is 5.56 Å². The minimum absolute atomic E-state index is 0.0906. The van der Waals surface area contributed by atoms with Crippen LogP contribution in [-0.4, -0.2) is 37.3 Å². The molecular formula is C27H25F2N3O4. The molecule has 0 saturated carbocycles. The molecule has 0 aliphatic rings. The Kier molecular flexibility index (Phi) is 7.49. The molecule has 1 heterocycles. The SMILES string of the molecule is Cc1ccc(-c2ccc(CC[C@@H](O)[C@H](CCn3nnc4cc(F)c(F)cc4c3=O)C(=O)O)cc2)cc1. The Morgan fingerprint density at radius 2 is 1.58 bits per heavy atom. The van der Waals surface area contributed by atoms with E-state index >= 15 is 0 Å². The monoisotopic (exact) mass is 493 g/mol. The number of fused-ring (bicyclic) bond motifs is 1. The van der Waals surface area contributed by atoms with Crippen molar-refractivity contribution >= 4 is 16.9 Å². The molecule has 0 amide bonds. The molecule has 0 saturated heterocycles. The molecule has 2 atom stereocenters. The predicted octanol–water partition coefficient (Wildman–Crippen LogP) is 4.13. The predicted molar refractivity (Wildman–Crippen MR) is 130 cm³/mol. The number of aryl methyl sites for hydroxylation is 3. The van der Waals surface area contributed by atoms with Gasteiger partial charge in [0.2, 0.25) is 0 Å². The van der Waals surface area contributed by atoms with Crippen molar-refractivity contribution in [3.05, 3.63) is 93.8 Å². The van der Waals surface area contributed by atoms with E-state index in [-0.39, 0.29) is 30.3 Å². The third-order valence-electron chi connectivity index (χ3n) is 6.27. The highest BCUT2D eigenvalue weighted by Gasteiger charge is 2.26. The smallest absolute Gasteiger partial charge is 0.309 e.